The van der Waals surface area contributed by atoms with Gasteiger partial charge in [-0.1, -0.05) is 6.07 Å². The van der Waals surface area contributed by atoms with Crippen molar-refractivity contribution in [2.75, 3.05) is 6.61 Å². The number of nitrogens with one attached hydrogen (secondary N) is 1. The molecule has 0 atom stereocenters. The van der Waals surface area contributed by atoms with Gasteiger partial charge in [0, 0.05) is 12.0 Å². The summed E-state index contributed by atoms with van der Waals surface area (Å²) in [6, 6.07) is 6.38. The molecule has 0 bridgehead atoms. The highest BCUT2D eigenvalue weighted by Gasteiger charge is 2.01. The highest BCUT2D eigenvalue weighted by molar-refractivity contribution is 5.81. The maximum atomic E-state index is 8.71. The maximum Gasteiger partial charge on any atom is 0.0670 e. The first-order chi connectivity index (χ1) is 7.31. The second kappa shape index (κ2) is 4.45. The summed E-state index contributed by atoms with van der Waals surface area (Å²) in [6.45, 7) is 2.29. The SMILES string of the molecule is Cc1n[nH]c2ccc(CCCCO)cc12. The van der Waals surface area contributed by atoms with E-state index in [0.717, 1.165) is 30.5 Å². The van der Waals surface area contributed by atoms with Gasteiger partial charge in [-0.3, -0.25) is 5.10 Å². The second-order valence-electron chi connectivity index (χ2n) is 3.87. The summed E-state index contributed by atoms with van der Waals surface area (Å²) in [5.74, 6) is 0. The second-order valence-corrected chi connectivity index (χ2v) is 3.87. The zero-order chi connectivity index (χ0) is 10.7. The number of hydrogen-bond acceptors (Lipinski definition) is 2. The van der Waals surface area contributed by atoms with Crippen LogP contribution in [0.4, 0.5) is 0 Å². The molecule has 1 aromatic heterocycles. The highest BCUT2D eigenvalue weighted by atomic mass is 16.2. The predicted octanol–water partition coefficient (Wildman–Crippen LogP) is 2.19. The molecule has 80 valence electrons. The van der Waals surface area contributed by atoms with Gasteiger partial charge in [-0.2, -0.15) is 5.10 Å². The Morgan fingerprint density at radius 2 is 2.20 bits per heavy atom. The molecular weight excluding hydrogens is 188 g/mol. The number of fused-ring (bicyclic) bond motifs is 1. The van der Waals surface area contributed by atoms with Gasteiger partial charge in [-0.25, -0.2) is 0 Å². The van der Waals surface area contributed by atoms with E-state index >= 15 is 0 Å². The zero-order valence-corrected chi connectivity index (χ0v) is 8.95. The highest BCUT2D eigenvalue weighted by Crippen LogP contribution is 2.18. The van der Waals surface area contributed by atoms with Crippen LogP contribution in [0.15, 0.2) is 18.2 Å². The number of H-pyrrole nitrogens is 1. The lowest BCUT2D eigenvalue weighted by Crippen LogP contribution is -1.88. The Bertz CT molecular complexity index is 448. The summed E-state index contributed by atoms with van der Waals surface area (Å²) in [5, 5.41) is 17.1. The van der Waals surface area contributed by atoms with Crippen LogP contribution in [-0.4, -0.2) is 21.9 Å². The van der Waals surface area contributed by atoms with E-state index in [1.807, 2.05) is 6.92 Å². The van der Waals surface area contributed by atoms with Gasteiger partial charge in [0.25, 0.3) is 0 Å². The Morgan fingerprint density at radius 1 is 1.33 bits per heavy atom. The number of aromatic amines is 1. The molecule has 1 heterocycles. The van der Waals surface area contributed by atoms with E-state index in [2.05, 4.69) is 28.4 Å². The summed E-state index contributed by atoms with van der Waals surface area (Å²) < 4.78 is 0. The molecule has 1 aromatic carbocycles. The van der Waals surface area contributed by atoms with Crippen molar-refractivity contribution in [2.24, 2.45) is 0 Å². The standard InChI is InChI=1S/C12H16N2O/c1-9-11-8-10(4-2-3-7-15)5-6-12(11)14-13-9/h5-6,8,15H,2-4,7H2,1H3,(H,13,14). The van der Waals surface area contributed by atoms with Gasteiger partial charge in [0.15, 0.2) is 0 Å². The molecule has 0 aliphatic rings. The Morgan fingerprint density at radius 3 is 3.00 bits per heavy atom. The van der Waals surface area contributed by atoms with E-state index in [0.29, 0.717) is 0 Å². The van der Waals surface area contributed by atoms with Crippen LogP contribution in [0.1, 0.15) is 24.1 Å². The zero-order valence-electron chi connectivity index (χ0n) is 8.95. The third kappa shape index (κ3) is 2.18. The molecule has 2 rings (SSSR count). The molecule has 0 aliphatic carbocycles. The van der Waals surface area contributed by atoms with Crippen molar-refractivity contribution in [3.05, 3.63) is 29.5 Å². The van der Waals surface area contributed by atoms with Crippen molar-refractivity contribution < 1.29 is 5.11 Å². The van der Waals surface area contributed by atoms with Crippen LogP contribution in [0.3, 0.4) is 0 Å². The lowest BCUT2D eigenvalue weighted by molar-refractivity contribution is 0.284. The van der Waals surface area contributed by atoms with Crippen molar-refractivity contribution in [1.29, 1.82) is 0 Å². The number of benzene rings is 1. The van der Waals surface area contributed by atoms with Gasteiger partial charge in [0.1, 0.15) is 0 Å². The number of rotatable bonds is 4. The van der Waals surface area contributed by atoms with Crippen molar-refractivity contribution >= 4 is 10.9 Å². The third-order valence-corrected chi connectivity index (χ3v) is 2.69. The fraction of sp³-hybridized carbons (Fsp3) is 0.417. The molecule has 3 nitrogen and oxygen atoms in total. The molecule has 0 radical (unpaired) electrons. The van der Waals surface area contributed by atoms with Gasteiger partial charge >= 0.3 is 0 Å². The number of aliphatic hydroxyl groups is 1. The molecule has 0 unspecified atom stereocenters. The molecule has 3 heteroatoms. The van der Waals surface area contributed by atoms with Gasteiger partial charge in [-0.05, 0) is 43.9 Å². The molecular formula is C12H16N2O. The average Bonchev–Trinajstić information content (AvgIpc) is 2.61. The minimum absolute atomic E-state index is 0.285. The Hall–Kier alpha value is -1.35. The van der Waals surface area contributed by atoms with Crippen molar-refractivity contribution in [1.82, 2.24) is 10.2 Å². The molecule has 0 saturated heterocycles. The van der Waals surface area contributed by atoms with Crippen molar-refractivity contribution in [3.8, 4) is 0 Å². The Balaban J connectivity index is 2.18. The number of hydrogen-bond donors (Lipinski definition) is 2. The predicted molar refractivity (Wildman–Crippen MR) is 60.9 cm³/mol. The smallest absolute Gasteiger partial charge is 0.0670 e. The normalized spacial score (nSPS) is 11.1. The number of aryl methyl sites for hydroxylation is 2. The monoisotopic (exact) mass is 204 g/mol. The van der Waals surface area contributed by atoms with E-state index in [4.69, 9.17) is 5.11 Å². The first-order valence-electron chi connectivity index (χ1n) is 5.36. The molecule has 15 heavy (non-hydrogen) atoms. The molecule has 2 aromatic rings. The number of unbranched alkanes of at least 4 members (excludes halogenated alkanes) is 1. The number of aromatic nitrogens is 2. The van der Waals surface area contributed by atoms with Crippen LogP contribution in [0.25, 0.3) is 10.9 Å². The summed E-state index contributed by atoms with van der Waals surface area (Å²) in [4.78, 5) is 0. The Kier molecular flexibility index (Phi) is 3.02. The summed E-state index contributed by atoms with van der Waals surface area (Å²) in [5.41, 5.74) is 3.47. The summed E-state index contributed by atoms with van der Waals surface area (Å²) in [6.07, 6.45) is 2.95. The van der Waals surface area contributed by atoms with E-state index in [-0.39, 0.29) is 6.61 Å². The van der Waals surface area contributed by atoms with Gasteiger partial charge < -0.3 is 5.11 Å². The molecule has 0 spiro atoms. The molecule has 0 aliphatic heterocycles. The maximum absolute atomic E-state index is 8.71. The summed E-state index contributed by atoms with van der Waals surface area (Å²) >= 11 is 0. The van der Waals surface area contributed by atoms with E-state index < -0.39 is 0 Å². The average molecular weight is 204 g/mol. The fourth-order valence-electron chi connectivity index (χ4n) is 1.79. The van der Waals surface area contributed by atoms with E-state index in [9.17, 15) is 0 Å². The van der Waals surface area contributed by atoms with Crippen LogP contribution < -0.4 is 0 Å². The minimum Gasteiger partial charge on any atom is -0.396 e. The number of nitrogens with zero attached hydrogens (tertiary/aromatic N) is 1. The minimum atomic E-state index is 0.285. The molecule has 2 N–H and O–H groups in total. The topological polar surface area (TPSA) is 48.9 Å². The Labute approximate surface area is 89.1 Å². The quantitative estimate of drug-likeness (QED) is 0.750. The van der Waals surface area contributed by atoms with Crippen LogP contribution in [0.5, 0.6) is 0 Å². The van der Waals surface area contributed by atoms with Crippen LogP contribution in [-0.2, 0) is 6.42 Å². The fourth-order valence-corrected chi connectivity index (χ4v) is 1.79. The first kappa shape index (κ1) is 10.2. The molecule has 0 fully saturated rings. The van der Waals surface area contributed by atoms with Crippen molar-refractivity contribution in [2.45, 2.75) is 26.2 Å². The third-order valence-electron chi connectivity index (χ3n) is 2.69. The lowest BCUT2D eigenvalue weighted by Gasteiger charge is -2.00. The first-order valence-corrected chi connectivity index (χ1v) is 5.36. The van der Waals surface area contributed by atoms with Crippen molar-refractivity contribution in [3.63, 3.8) is 0 Å². The van der Waals surface area contributed by atoms with Gasteiger partial charge in [-0.15, -0.1) is 0 Å². The largest absolute Gasteiger partial charge is 0.396 e. The molecule has 0 saturated carbocycles. The van der Waals surface area contributed by atoms with Gasteiger partial charge in [0.2, 0.25) is 0 Å². The van der Waals surface area contributed by atoms with E-state index in [1.165, 1.54) is 10.9 Å². The van der Waals surface area contributed by atoms with E-state index in [1.54, 1.807) is 0 Å². The van der Waals surface area contributed by atoms with Gasteiger partial charge in [0.05, 0.1) is 11.2 Å². The lowest BCUT2D eigenvalue weighted by atomic mass is 10.1. The summed E-state index contributed by atoms with van der Waals surface area (Å²) in [7, 11) is 0. The number of aliphatic hydroxyl groups excluding tert-OH is 1. The molecule has 0 amide bonds. The van der Waals surface area contributed by atoms with Crippen LogP contribution in [0.2, 0.25) is 0 Å². The van der Waals surface area contributed by atoms with Crippen LogP contribution in [0, 0.1) is 6.92 Å². The van der Waals surface area contributed by atoms with Crippen LogP contribution >= 0.6 is 0 Å².